The summed E-state index contributed by atoms with van der Waals surface area (Å²) >= 11 is 3.21. The summed E-state index contributed by atoms with van der Waals surface area (Å²) in [6.07, 6.45) is 1.57. The molecule has 0 spiro atoms. The molecule has 0 aliphatic heterocycles. The van der Waals surface area contributed by atoms with Gasteiger partial charge in [0.15, 0.2) is 0 Å². The number of hydrogen-bond donors (Lipinski definition) is 2. The van der Waals surface area contributed by atoms with Crippen LogP contribution in [-0.4, -0.2) is 28.6 Å². The molecule has 2 atom stereocenters. The monoisotopic (exact) mass is 286 g/mol. The first-order valence-corrected chi connectivity index (χ1v) is 5.87. The van der Waals surface area contributed by atoms with Crippen LogP contribution in [0.3, 0.4) is 0 Å². The normalized spacial score (nSPS) is 14.2. The highest BCUT2D eigenvalue weighted by molar-refractivity contribution is 9.10. The van der Waals surface area contributed by atoms with Crippen molar-refractivity contribution in [2.45, 2.75) is 19.9 Å². The standard InChI is InChI=1S/C11H15BrN2O2/c1-7(6-15)8(2)14-11(16)9-3-4-13-10(12)5-9/h3-5,7-8,15H,6H2,1-2H3,(H,14,16). The predicted molar refractivity (Wildman–Crippen MR) is 65.1 cm³/mol. The molecule has 1 aromatic rings. The first kappa shape index (κ1) is 13.1. The van der Waals surface area contributed by atoms with Crippen molar-refractivity contribution in [3.05, 3.63) is 28.5 Å². The second-order valence-electron chi connectivity index (χ2n) is 3.79. The van der Waals surface area contributed by atoms with Gasteiger partial charge in [-0.05, 0) is 40.9 Å². The van der Waals surface area contributed by atoms with Crippen LogP contribution in [0.4, 0.5) is 0 Å². The van der Waals surface area contributed by atoms with E-state index in [9.17, 15) is 4.79 Å². The maximum absolute atomic E-state index is 11.8. The smallest absolute Gasteiger partial charge is 0.251 e. The van der Waals surface area contributed by atoms with E-state index in [0.29, 0.717) is 10.2 Å². The Balaban J connectivity index is 2.66. The number of carbonyl (C=O) groups is 1. The second kappa shape index (κ2) is 5.96. The molecule has 0 radical (unpaired) electrons. The summed E-state index contributed by atoms with van der Waals surface area (Å²) in [5.41, 5.74) is 0.555. The summed E-state index contributed by atoms with van der Waals surface area (Å²) in [5.74, 6) is -0.120. The van der Waals surface area contributed by atoms with Crippen molar-refractivity contribution in [2.75, 3.05) is 6.61 Å². The Morgan fingerprint density at radius 1 is 1.62 bits per heavy atom. The lowest BCUT2D eigenvalue weighted by atomic mass is 10.0. The summed E-state index contributed by atoms with van der Waals surface area (Å²) in [6.45, 7) is 3.81. The van der Waals surface area contributed by atoms with Gasteiger partial charge in [0.2, 0.25) is 0 Å². The van der Waals surface area contributed by atoms with E-state index >= 15 is 0 Å². The Morgan fingerprint density at radius 3 is 2.88 bits per heavy atom. The number of amides is 1. The lowest BCUT2D eigenvalue weighted by Crippen LogP contribution is -2.38. The van der Waals surface area contributed by atoms with Gasteiger partial charge in [0.05, 0.1) is 0 Å². The van der Waals surface area contributed by atoms with E-state index in [1.807, 2.05) is 13.8 Å². The van der Waals surface area contributed by atoms with Crippen LogP contribution in [0.25, 0.3) is 0 Å². The number of nitrogens with one attached hydrogen (secondary N) is 1. The molecule has 2 N–H and O–H groups in total. The minimum absolute atomic E-state index is 0.0363. The zero-order chi connectivity index (χ0) is 12.1. The number of carbonyl (C=O) groups excluding carboxylic acids is 1. The highest BCUT2D eigenvalue weighted by atomic mass is 79.9. The predicted octanol–water partition coefficient (Wildman–Crippen LogP) is 1.59. The van der Waals surface area contributed by atoms with Gasteiger partial charge < -0.3 is 10.4 Å². The van der Waals surface area contributed by atoms with Gasteiger partial charge in [-0.3, -0.25) is 4.79 Å². The average Bonchev–Trinajstić information content (AvgIpc) is 2.27. The van der Waals surface area contributed by atoms with E-state index in [2.05, 4.69) is 26.2 Å². The van der Waals surface area contributed by atoms with E-state index in [-0.39, 0.29) is 24.5 Å². The topological polar surface area (TPSA) is 62.2 Å². The summed E-state index contributed by atoms with van der Waals surface area (Å²) < 4.78 is 0.628. The molecule has 0 saturated heterocycles. The van der Waals surface area contributed by atoms with Crippen molar-refractivity contribution in [2.24, 2.45) is 5.92 Å². The minimum Gasteiger partial charge on any atom is -0.396 e. The number of aliphatic hydroxyl groups excluding tert-OH is 1. The van der Waals surface area contributed by atoms with Crippen molar-refractivity contribution in [1.82, 2.24) is 10.3 Å². The first-order valence-electron chi connectivity index (χ1n) is 5.08. The SMILES string of the molecule is CC(CO)C(C)NC(=O)c1ccnc(Br)c1. The van der Waals surface area contributed by atoms with Crippen LogP contribution in [0.15, 0.2) is 22.9 Å². The maximum Gasteiger partial charge on any atom is 0.251 e. The Labute approximate surface area is 103 Å². The van der Waals surface area contributed by atoms with Gasteiger partial charge in [0.1, 0.15) is 4.60 Å². The molecule has 0 saturated carbocycles. The molecule has 0 aromatic carbocycles. The average molecular weight is 287 g/mol. The molecule has 5 heteroatoms. The van der Waals surface area contributed by atoms with Gasteiger partial charge in [-0.25, -0.2) is 4.98 Å². The number of nitrogens with zero attached hydrogens (tertiary/aromatic N) is 1. The Morgan fingerprint density at radius 2 is 2.31 bits per heavy atom. The fraction of sp³-hybridized carbons (Fsp3) is 0.455. The summed E-state index contributed by atoms with van der Waals surface area (Å²) in [5, 5.41) is 11.8. The number of halogens is 1. The summed E-state index contributed by atoms with van der Waals surface area (Å²) in [6, 6.07) is 3.24. The van der Waals surface area contributed by atoms with E-state index in [1.54, 1.807) is 18.3 Å². The summed E-state index contributed by atoms with van der Waals surface area (Å²) in [7, 11) is 0. The Bertz CT molecular complexity index is 371. The fourth-order valence-corrected chi connectivity index (χ4v) is 1.50. The van der Waals surface area contributed by atoms with Crippen LogP contribution in [0.2, 0.25) is 0 Å². The second-order valence-corrected chi connectivity index (χ2v) is 4.60. The molecule has 2 unspecified atom stereocenters. The van der Waals surface area contributed by atoms with Gasteiger partial charge in [-0.1, -0.05) is 6.92 Å². The molecule has 1 rings (SSSR count). The minimum atomic E-state index is -0.157. The van der Waals surface area contributed by atoms with E-state index < -0.39 is 0 Å². The molecule has 1 heterocycles. The number of aliphatic hydroxyl groups is 1. The number of aromatic nitrogens is 1. The van der Waals surface area contributed by atoms with Gasteiger partial charge in [-0.15, -0.1) is 0 Å². The molecule has 4 nitrogen and oxygen atoms in total. The highest BCUT2D eigenvalue weighted by Gasteiger charge is 2.15. The molecule has 0 fully saturated rings. The molecule has 0 bridgehead atoms. The third kappa shape index (κ3) is 3.57. The van der Waals surface area contributed by atoms with Crippen molar-refractivity contribution in [3.63, 3.8) is 0 Å². The molecule has 1 aromatic heterocycles. The highest BCUT2D eigenvalue weighted by Crippen LogP contribution is 2.09. The zero-order valence-corrected chi connectivity index (χ0v) is 10.9. The van der Waals surface area contributed by atoms with Crippen molar-refractivity contribution < 1.29 is 9.90 Å². The largest absolute Gasteiger partial charge is 0.396 e. The molecule has 1 amide bonds. The number of hydrogen-bond acceptors (Lipinski definition) is 3. The summed E-state index contributed by atoms with van der Waals surface area (Å²) in [4.78, 5) is 15.7. The van der Waals surface area contributed by atoms with Crippen molar-refractivity contribution in [1.29, 1.82) is 0 Å². The van der Waals surface area contributed by atoms with Crippen molar-refractivity contribution >= 4 is 21.8 Å². The van der Waals surface area contributed by atoms with Gasteiger partial charge >= 0.3 is 0 Å². The third-order valence-electron chi connectivity index (χ3n) is 2.49. The van der Waals surface area contributed by atoms with Crippen LogP contribution in [-0.2, 0) is 0 Å². The molecule has 88 valence electrons. The molecule has 0 aliphatic carbocycles. The number of rotatable bonds is 4. The Hall–Kier alpha value is -0.940. The van der Waals surface area contributed by atoms with Crippen LogP contribution < -0.4 is 5.32 Å². The zero-order valence-electron chi connectivity index (χ0n) is 9.27. The van der Waals surface area contributed by atoms with E-state index in [1.165, 1.54) is 0 Å². The van der Waals surface area contributed by atoms with Gasteiger partial charge in [0.25, 0.3) is 5.91 Å². The van der Waals surface area contributed by atoms with Crippen LogP contribution in [0.1, 0.15) is 24.2 Å². The maximum atomic E-state index is 11.8. The first-order chi connectivity index (χ1) is 7.54. The quantitative estimate of drug-likeness (QED) is 0.827. The third-order valence-corrected chi connectivity index (χ3v) is 2.92. The Kier molecular flexibility index (Phi) is 4.89. The van der Waals surface area contributed by atoms with E-state index in [4.69, 9.17) is 5.11 Å². The van der Waals surface area contributed by atoms with Gasteiger partial charge in [-0.2, -0.15) is 0 Å². The van der Waals surface area contributed by atoms with Crippen LogP contribution in [0, 0.1) is 5.92 Å². The number of pyridine rings is 1. The molecular weight excluding hydrogens is 272 g/mol. The van der Waals surface area contributed by atoms with Crippen LogP contribution in [0.5, 0.6) is 0 Å². The van der Waals surface area contributed by atoms with Crippen LogP contribution >= 0.6 is 15.9 Å². The molecule has 16 heavy (non-hydrogen) atoms. The van der Waals surface area contributed by atoms with Crippen molar-refractivity contribution in [3.8, 4) is 0 Å². The van der Waals surface area contributed by atoms with Gasteiger partial charge in [0, 0.05) is 24.4 Å². The lowest BCUT2D eigenvalue weighted by molar-refractivity contribution is 0.0916. The molecular formula is C11H15BrN2O2. The fourth-order valence-electron chi connectivity index (χ4n) is 1.13. The van der Waals surface area contributed by atoms with E-state index in [0.717, 1.165) is 0 Å². The lowest BCUT2D eigenvalue weighted by Gasteiger charge is -2.19. The molecule has 0 aliphatic rings.